The third kappa shape index (κ3) is 7.42. The van der Waals surface area contributed by atoms with Gasteiger partial charge in [-0.1, -0.05) is 36.4 Å². The Labute approximate surface area is 208 Å². The second-order valence-electron chi connectivity index (χ2n) is 8.18. The van der Waals surface area contributed by atoms with E-state index in [-0.39, 0.29) is 18.7 Å². The van der Waals surface area contributed by atoms with Crippen molar-refractivity contribution in [3.05, 3.63) is 83.9 Å². The molecule has 3 aromatic rings. The molecule has 4 N–H and O–H groups in total. The number of carboxylic acids is 1. The third-order valence-electron chi connectivity index (χ3n) is 5.31. The summed E-state index contributed by atoms with van der Waals surface area (Å²) in [7, 11) is 3.12. The van der Waals surface area contributed by atoms with Crippen LogP contribution in [0.3, 0.4) is 0 Å². The molecule has 0 saturated carbocycles. The maximum atomic E-state index is 12.9. The molecule has 1 unspecified atom stereocenters. The van der Waals surface area contributed by atoms with Crippen LogP contribution < -0.4 is 16.0 Å². The minimum Gasteiger partial charge on any atom is -0.481 e. The highest BCUT2D eigenvalue weighted by Crippen LogP contribution is 2.17. The fourth-order valence-corrected chi connectivity index (χ4v) is 3.53. The van der Waals surface area contributed by atoms with Crippen molar-refractivity contribution in [1.82, 2.24) is 25.1 Å². The summed E-state index contributed by atoms with van der Waals surface area (Å²) in [5.74, 6) is -2.04. The first kappa shape index (κ1) is 25.9. The minimum atomic E-state index is -1.08. The van der Waals surface area contributed by atoms with Gasteiger partial charge in [0.15, 0.2) is 0 Å². The van der Waals surface area contributed by atoms with Crippen molar-refractivity contribution in [3.63, 3.8) is 0 Å². The zero-order chi connectivity index (χ0) is 26.1. The number of aliphatic carboxylic acids is 1. The Kier molecular flexibility index (Phi) is 8.76. The average Bonchev–Trinajstić information content (AvgIpc) is 3.22. The van der Waals surface area contributed by atoms with Crippen LogP contribution in [0.4, 0.5) is 10.5 Å². The number of likely N-dealkylation sites (N-methyl/N-ethyl adjacent to an activating group) is 1. The van der Waals surface area contributed by atoms with E-state index in [1.807, 2.05) is 30.3 Å². The van der Waals surface area contributed by atoms with Crippen molar-refractivity contribution in [2.24, 2.45) is 7.05 Å². The highest BCUT2D eigenvalue weighted by Gasteiger charge is 2.22. The topological polar surface area (TPSA) is 146 Å². The van der Waals surface area contributed by atoms with Crippen molar-refractivity contribution in [2.45, 2.75) is 19.0 Å². The highest BCUT2D eigenvalue weighted by molar-refractivity contribution is 5.97. The Balaban J connectivity index is 1.57. The number of urea groups is 1. The molecule has 2 aromatic heterocycles. The second-order valence-corrected chi connectivity index (χ2v) is 8.18. The largest absolute Gasteiger partial charge is 0.481 e. The SMILES string of the molecule is CN(CC(=O)NC(CC(=O)O)c1cccnc1)C(=O)c1cc(NC(=O)NCc2ccccc2)cn1C. The number of benzene rings is 1. The summed E-state index contributed by atoms with van der Waals surface area (Å²) in [5, 5.41) is 17.3. The van der Waals surface area contributed by atoms with E-state index >= 15 is 0 Å². The van der Waals surface area contributed by atoms with Gasteiger partial charge in [0.2, 0.25) is 5.91 Å². The molecule has 0 fully saturated rings. The first-order valence-corrected chi connectivity index (χ1v) is 11.1. The van der Waals surface area contributed by atoms with Crippen molar-refractivity contribution in [1.29, 1.82) is 0 Å². The van der Waals surface area contributed by atoms with E-state index in [0.717, 1.165) is 5.56 Å². The van der Waals surface area contributed by atoms with Gasteiger partial charge in [-0.2, -0.15) is 0 Å². The van der Waals surface area contributed by atoms with Crippen LogP contribution >= 0.6 is 0 Å². The lowest BCUT2D eigenvalue weighted by molar-refractivity contribution is -0.137. The number of anilines is 1. The lowest BCUT2D eigenvalue weighted by Crippen LogP contribution is -2.40. The molecule has 2 heterocycles. The van der Waals surface area contributed by atoms with E-state index in [4.69, 9.17) is 0 Å². The predicted octanol–water partition coefficient (Wildman–Crippen LogP) is 2.15. The second kappa shape index (κ2) is 12.2. The van der Waals surface area contributed by atoms with E-state index in [2.05, 4.69) is 20.9 Å². The van der Waals surface area contributed by atoms with Gasteiger partial charge in [-0.25, -0.2) is 4.79 Å². The number of aromatic nitrogens is 2. The van der Waals surface area contributed by atoms with Crippen molar-refractivity contribution in [2.75, 3.05) is 18.9 Å². The van der Waals surface area contributed by atoms with E-state index in [9.17, 15) is 24.3 Å². The Morgan fingerprint density at radius 3 is 2.53 bits per heavy atom. The summed E-state index contributed by atoms with van der Waals surface area (Å²) in [6.45, 7) is 0.0613. The molecule has 4 amide bonds. The van der Waals surface area contributed by atoms with Gasteiger partial charge < -0.3 is 30.5 Å². The number of hydrogen-bond acceptors (Lipinski definition) is 5. The van der Waals surface area contributed by atoms with Crippen molar-refractivity contribution < 1.29 is 24.3 Å². The Bertz CT molecular complexity index is 1210. The van der Waals surface area contributed by atoms with Gasteiger partial charge in [-0.15, -0.1) is 0 Å². The third-order valence-corrected chi connectivity index (χ3v) is 5.31. The number of carbonyl (C=O) groups is 4. The number of carboxylic acid groups (broad SMARTS) is 1. The molecule has 188 valence electrons. The lowest BCUT2D eigenvalue weighted by Gasteiger charge is -2.21. The number of rotatable bonds is 10. The molecule has 0 aliphatic heterocycles. The fraction of sp³-hybridized carbons (Fsp3) is 0.240. The van der Waals surface area contributed by atoms with Gasteiger partial charge in [0, 0.05) is 39.2 Å². The standard InChI is InChI=1S/C25H28N6O5/c1-30-15-19(28-25(36)27-13-17-7-4-3-5-8-17)11-21(30)24(35)31(2)16-22(32)29-20(12-23(33)34)18-9-6-10-26-14-18/h3-11,14-15,20H,12-13,16H2,1-2H3,(H,29,32)(H,33,34)(H2,27,28,36). The van der Waals surface area contributed by atoms with Crippen LogP contribution in [0.5, 0.6) is 0 Å². The summed E-state index contributed by atoms with van der Waals surface area (Å²) in [4.78, 5) is 54.2. The first-order chi connectivity index (χ1) is 17.2. The Morgan fingerprint density at radius 2 is 1.86 bits per heavy atom. The van der Waals surface area contributed by atoms with E-state index in [1.165, 1.54) is 24.2 Å². The van der Waals surface area contributed by atoms with E-state index < -0.39 is 29.9 Å². The molecule has 0 radical (unpaired) electrons. The van der Waals surface area contributed by atoms with Gasteiger partial charge >= 0.3 is 12.0 Å². The summed E-state index contributed by atoms with van der Waals surface area (Å²) in [6, 6.07) is 13.1. The molecular formula is C25H28N6O5. The number of amides is 4. The molecule has 0 spiro atoms. The van der Waals surface area contributed by atoms with Crippen LogP contribution in [0.2, 0.25) is 0 Å². The molecule has 1 aromatic carbocycles. The van der Waals surface area contributed by atoms with Gasteiger partial charge in [0.25, 0.3) is 5.91 Å². The van der Waals surface area contributed by atoms with Gasteiger partial charge in [0.05, 0.1) is 24.7 Å². The number of nitrogens with zero attached hydrogens (tertiary/aromatic N) is 3. The van der Waals surface area contributed by atoms with Crippen molar-refractivity contribution >= 4 is 29.5 Å². The quantitative estimate of drug-likeness (QED) is 0.341. The molecule has 0 aliphatic rings. The molecule has 11 nitrogen and oxygen atoms in total. The molecule has 0 bridgehead atoms. The molecule has 11 heteroatoms. The van der Waals surface area contributed by atoms with E-state index in [1.54, 1.807) is 36.1 Å². The molecule has 0 aliphatic carbocycles. The number of aryl methyl sites for hydroxylation is 1. The first-order valence-electron chi connectivity index (χ1n) is 11.1. The summed E-state index contributed by atoms with van der Waals surface area (Å²) >= 11 is 0. The molecule has 3 rings (SSSR count). The predicted molar refractivity (Wildman–Crippen MR) is 132 cm³/mol. The molecular weight excluding hydrogens is 464 g/mol. The molecule has 0 saturated heterocycles. The normalized spacial score (nSPS) is 11.3. The lowest BCUT2D eigenvalue weighted by atomic mass is 10.1. The number of pyridine rings is 1. The van der Waals surface area contributed by atoms with Crippen LogP contribution in [0.25, 0.3) is 0 Å². The van der Waals surface area contributed by atoms with Crippen LogP contribution in [0.15, 0.2) is 67.1 Å². The van der Waals surface area contributed by atoms with Crippen LogP contribution in [-0.4, -0.2) is 57.0 Å². The minimum absolute atomic E-state index is 0.262. The monoisotopic (exact) mass is 492 g/mol. The van der Waals surface area contributed by atoms with Gasteiger partial charge in [0.1, 0.15) is 5.69 Å². The highest BCUT2D eigenvalue weighted by atomic mass is 16.4. The van der Waals surface area contributed by atoms with Crippen LogP contribution in [-0.2, 0) is 23.2 Å². The smallest absolute Gasteiger partial charge is 0.319 e. The van der Waals surface area contributed by atoms with Crippen molar-refractivity contribution in [3.8, 4) is 0 Å². The van der Waals surface area contributed by atoms with E-state index in [0.29, 0.717) is 17.8 Å². The maximum Gasteiger partial charge on any atom is 0.319 e. The zero-order valence-corrected chi connectivity index (χ0v) is 20.0. The summed E-state index contributed by atoms with van der Waals surface area (Å²) in [6.07, 6.45) is 4.30. The van der Waals surface area contributed by atoms with Gasteiger partial charge in [-0.3, -0.25) is 19.4 Å². The number of carbonyl (C=O) groups excluding carboxylic acids is 3. The Hall–Kier alpha value is -4.67. The Morgan fingerprint density at radius 1 is 1.11 bits per heavy atom. The zero-order valence-electron chi connectivity index (χ0n) is 20.0. The number of nitrogens with one attached hydrogen (secondary N) is 3. The summed E-state index contributed by atoms with van der Waals surface area (Å²) < 4.78 is 1.55. The van der Waals surface area contributed by atoms with Gasteiger partial charge in [-0.05, 0) is 23.3 Å². The molecule has 1 atom stereocenters. The molecule has 36 heavy (non-hydrogen) atoms. The average molecular weight is 493 g/mol. The van der Waals surface area contributed by atoms with Crippen LogP contribution in [0, 0.1) is 0 Å². The number of hydrogen-bond donors (Lipinski definition) is 4. The maximum absolute atomic E-state index is 12.9. The summed E-state index contributed by atoms with van der Waals surface area (Å²) in [5.41, 5.74) is 2.18. The van der Waals surface area contributed by atoms with Crippen LogP contribution in [0.1, 0.15) is 34.1 Å². The fourth-order valence-electron chi connectivity index (χ4n) is 3.53.